The fourth-order valence-electron chi connectivity index (χ4n) is 4.19. The number of hydrogen-bond acceptors (Lipinski definition) is 11. The van der Waals surface area contributed by atoms with Crippen molar-refractivity contribution in [3.05, 3.63) is 11.9 Å². The van der Waals surface area contributed by atoms with Gasteiger partial charge in [0.25, 0.3) is 10.1 Å². The van der Waals surface area contributed by atoms with Crippen molar-refractivity contribution < 1.29 is 27.4 Å². The number of nitrogens with two attached hydrogens (primary N) is 1. The summed E-state index contributed by atoms with van der Waals surface area (Å²) < 4.78 is 43.9. The molecule has 1 aliphatic heterocycles. The molecule has 200 valence electrons. The summed E-state index contributed by atoms with van der Waals surface area (Å²) in [6, 6.07) is 0. The van der Waals surface area contributed by atoms with Crippen LogP contribution in [-0.2, 0) is 16.7 Å². The molecule has 4 N–H and O–H groups in total. The smallest absolute Gasteiger partial charge is 0.266 e. The molecule has 0 aliphatic carbocycles. The molecule has 0 amide bonds. The Hall–Kier alpha value is -3.25. The zero-order valence-corrected chi connectivity index (χ0v) is 21.8. The van der Waals surface area contributed by atoms with Crippen LogP contribution in [0.4, 0.5) is 5.82 Å². The van der Waals surface area contributed by atoms with Crippen LogP contribution in [0.5, 0.6) is 5.75 Å². The number of fused-ring (bicyclic) bond motifs is 1. The van der Waals surface area contributed by atoms with Crippen molar-refractivity contribution in [2.24, 2.45) is 5.92 Å². The maximum absolute atomic E-state index is 11.0. The standard InChI is InChI=1S/C23H31N7O6S/c1-4-30-20-17(35-14-15-6-9-29(10-7-15)11-12-37(32,33)34)13-25-16(5-8-23(2,3)31)18(20)26-22(30)19-21(24)28-36-27-19/h13,15,31H,4,6-7,9-12,14H2,1-3H3,(H2,24,28)(H,32,33,34). The van der Waals surface area contributed by atoms with Crippen molar-refractivity contribution in [1.29, 1.82) is 0 Å². The Labute approximate surface area is 214 Å². The maximum Gasteiger partial charge on any atom is 0.266 e. The highest BCUT2D eigenvalue weighted by Gasteiger charge is 2.25. The molecule has 0 unspecified atom stereocenters. The van der Waals surface area contributed by atoms with Crippen LogP contribution < -0.4 is 10.5 Å². The first-order valence-electron chi connectivity index (χ1n) is 12.0. The van der Waals surface area contributed by atoms with Gasteiger partial charge >= 0.3 is 0 Å². The summed E-state index contributed by atoms with van der Waals surface area (Å²) in [6.07, 6.45) is 3.26. The van der Waals surface area contributed by atoms with Gasteiger partial charge in [0.05, 0.1) is 18.6 Å². The van der Waals surface area contributed by atoms with E-state index in [1.54, 1.807) is 20.0 Å². The number of aliphatic hydroxyl groups is 1. The lowest BCUT2D eigenvalue weighted by molar-refractivity contribution is 0.143. The largest absolute Gasteiger partial charge is 0.489 e. The number of hydrogen-bond donors (Lipinski definition) is 3. The second kappa shape index (κ2) is 10.6. The van der Waals surface area contributed by atoms with Gasteiger partial charge in [0.1, 0.15) is 22.3 Å². The van der Waals surface area contributed by atoms with E-state index in [2.05, 4.69) is 27.1 Å². The van der Waals surface area contributed by atoms with Crippen molar-refractivity contribution >= 4 is 27.0 Å². The molecule has 37 heavy (non-hydrogen) atoms. The highest BCUT2D eigenvalue weighted by molar-refractivity contribution is 7.85. The molecule has 0 aromatic carbocycles. The molecule has 0 saturated carbocycles. The third-order valence-electron chi connectivity index (χ3n) is 6.11. The first kappa shape index (κ1) is 26.8. The fraction of sp³-hybridized carbons (Fsp3) is 0.565. The lowest BCUT2D eigenvalue weighted by Crippen LogP contribution is -2.38. The summed E-state index contributed by atoms with van der Waals surface area (Å²) >= 11 is 0. The van der Waals surface area contributed by atoms with Gasteiger partial charge in [0, 0.05) is 13.1 Å². The van der Waals surface area contributed by atoms with E-state index in [1.165, 1.54) is 0 Å². The Morgan fingerprint density at radius 1 is 1.30 bits per heavy atom. The minimum absolute atomic E-state index is 0.102. The van der Waals surface area contributed by atoms with Crippen molar-refractivity contribution in [2.45, 2.75) is 45.8 Å². The van der Waals surface area contributed by atoms with E-state index in [9.17, 15) is 13.5 Å². The normalized spacial score (nSPS) is 15.6. The number of pyridine rings is 1. The van der Waals surface area contributed by atoms with Crippen molar-refractivity contribution in [3.63, 3.8) is 0 Å². The van der Waals surface area contributed by atoms with Gasteiger partial charge in [-0.2, -0.15) is 8.42 Å². The number of nitrogens with zero attached hydrogens (tertiary/aromatic N) is 6. The zero-order valence-electron chi connectivity index (χ0n) is 21.0. The molecule has 4 heterocycles. The first-order chi connectivity index (χ1) is 17.4. The number of aromatic nitrogens is 5. The Morgan fingerprint density at radius 3 is 2.62 bits per heavy atom. The van der Waals surface area contributed by atoms with Gasteiger partial charge in [-0.25, -0.2) is 14.6 Å². The second-order valence-electron chi connectivity index (χ2n) is 9.54. The van der Waals surface area contributed by atoms with Gasteiger partial charge in [0.2, 0.25) is 0 Å². The Balaban J connectivity index is 1.60. The van der Waals surface area contributed by atoms with Crippen molar-refractivity contribution in [3.8, 4) is 29.1 Å². The average molecular weight is 534 g/mol. The molecule has 14 heteroatoms. The molecule has 0 bridgehead atoms. The predicted octanol–water partition coefficient (Wildman–Crippen LogP) is 1.18. The third kappa shape index (κ3) is 6.55. The number of rotatable bonds is 8. The average Bonchev–Trinajstić information content (AvgIpc) is 3.43. The van der Waals surface area contributed by atoms with Gasteiger partial charge in [-0.15, -0.1) is 0 Å². The number of anilines is 1. The third-order valence-corrected chi connectivity index (χ3v) is 6.81. The topological polar surface area (TPSA) is 183 Å². The zero-order chi connectivity index (χ0) is 26.8. The van der Waals surface area contributed by atoms with E-state index < -0.39 is 15.7 Å². The van der Waals surface area contributed by atoms with Gasteiger partial charge in [-0.3, -0.25) is 4.55 Å². The van der Waals surface area contributed by atoms with Crippen LogP contribution in [-0.4, -0.2) is 85.4 Å². The van der Waals surface area contributed by atoms with Gasteiger partial charge in [-0.1, -0.05) is 5.92 Å². The number of aryl methyl sites for hydroxylation is 1. The molecule has 0 spiro atoms. The fourth-order valence-corrected chi connectivity index (χ4v) is 4.68. The molecule has 4 rings (SSSR count). The van der Waals surface area contributed by atoms with E-state index in [0.717, 1.165) is 25.9 Å². The Bertz CT molecular complexity index is 1420. The van der Waals surface area contributed by atoms with E-state index in [1.807, 2.05) is 16.4 Å². The highest BCUT2D eigenvalue weighted by Crippen LogP contribution is 2.33. The molecule has 3 aromatic heterocycles. The van der Waals surface area contributed by atoms with Crippen LogP contribution in [0.1, 0.15) is 39.3 Å². The molecule has 0 atom stereocenters. The van der Waals surface area contributed by atoms with E-state index in [-0.39, 0.29) is 17.5 Å². The van der Waals surface area contributed by atoms with Crippen LogP contribution in [0.25, 0.3) is 22.6 Å². The minimum Gasteiger partial charge on any atom is -0.489 e. The quantitative estimate of drug-likeness (QED) is 0.278. The van der Waals surface area contributed by atoms with Crippen LogP contribution >= 0.6 is 0 Å². The number of ether oxygens (including phenoxy) is 1. The number of nitrogen functional groups attached to an aromatic ring is 1. The van der Waals surface area contributed by atoms with Crippen LogP contribution in [0.2, 0.25) is 0 Å². The molecule has 3 aromatic rings. The Kier molecular flexibility index (Phi) is 7.69. The number of likely N-dealkylation sites (tertiary alicyclic amines) is 1. The van der Waals surface area contributed by atoms with Crippen molar-refractivity contribution in [2.75, 3.05) is 37.7 Å². The van der Waals surface area contributed by atoms with Crippen molar-refractivity contribution in [1.82, 2.24) is 29.7 Å². The van der Waals surface area contributed by atoms with Crippen LogP contribution in [0.15, 0.2) is 10.8 Å². The summed E-state index contributed by atoms with van der Waals surface area (Å²) in [5, 5.41) is 17.6. The lowest BCUT2D eigenvalue weighted by Gasteiger charge is -2.31. The number of piperidine rings is 1. The Morgan fingerprint density at radius 2 is 2.03 bits per heavy atom. The minimum atomic E-state index is -3.97. The second-order valence-corrected chi connectivity index (χ2v) is 11.1. The van der Waals surface area contributed by atoms with E-state index >= 15 is 0 Å². The molecule has 1 saturated heterocycles. The summed E-state index contributed by atoms with van der Waals surface area (Å²) in [5.41, 5.74) is 6.55. The molecular formula is C23H31N7O6S. The maximum atomic E-state index is 11.0. The predicted molar refractivity (Wildman–Crippen MR) is 135 cm³/mol. The van der Waals surface area contributed by atoms with Crippen LogP contribution in [0, 0.1) is 17.8 Å². The van der Waals surface area contributed by atoms with Gasteiger partial charge < -0.3 is 25.0 Å². The van der Waals surface area contributed by atoms with E-state index in [4.69, 9.17) is 24.6 Å². The van der Waals surface area contributed by atoms with Crippen LogP contribution in [0.3, 0.4) is 0 Å². The molecular weight excluding hydrogens is 502 g/mol. The first-order valence-corrected chi connectivity index (χ1v) is 13.6. The summed E-state index contributed by atoms with van der Waals surface area (Å²) in [4.78, 5) is 11.2. The lowest BCUT2D eigenvalue weighted by atomic mass is 9.98. The summed E-state index contributed by atoms with van der Waals surface area (Å²) in [7, 11) is -3.97. The monoisotopic (exact) mass is 533 g/mol. The SMILES string of the molecule is CCn1c(-c2nonc2N)nc2c(C#CC(C)(C)O)ncc(OCC3CCN(CCS(=O)(=O)O)CC3)c21. The summed E-state index contributed by atoms with van der Waals surface area (Å²) in [5.74, 6) is 6.74. The molecule has 1 fully saturated rings. The van der Waals surface area contributed by atoms with Gasteiger partial charge in [-0.05, 0) is 68.9 Å². The highest BCUT2D eigenvalue weighted by atomic mass is 32.2. The molecule has 13 nitrogen and oxygen atoms in total. The van der Waals surface area contributed by atoms with Gasteiger partial charge in [0.15, 0.2) is 23.1 Å². The molecule has 0 radical (unpaired) electrons. The molecule has 1 aliphatic rings. The summed E-state index contributed by atoms with van der Waals surface area (Å²) in [6.45, 7) is 7.82. The van der Waals surface area contributed by atoms with E-state index in [0.29, 0.717) is 53.7 Å². The number of imidazole rings is 1.